The van der Waals surface area contributed by atoms with Crippen molar-refractivity contribution in [1.29, 1.82) is 0 Å². The standard InChI is InChI=1S/C15H17N3O4/c1-8(2)14(3)13(22)17-15(7-10(19)20)11-9(5-4-6-16-11)12(21)18(14)15/h4-6,8H,7H2,1-3H3,(H,17,22)(H,19,20). The molecule has 0 bridgehead atoms. The van der Waals surface area contributed by atoms with Crippen LogP contribution in [0.15, 0.2) is 18.3 Å². The molecule has 0 aromatic carbocycles. The fraction of sp³-hybridized carbons (Fsp3) is 0.467. The van der Waals surface area contributed by atoms with Crippen molar-refractivity contribution in [2.45, 2.75) is 38.4 Å². The van der Waals surface area contributed by atoms with Gasteiger partial charge in [-0.1, -0.05) is 13.8 Å². The SMILES string of the molecule is CC(C)C1(C)C(=O)NC2(CC(=O)O)c3ncccc3C(=O)N21. The number of hydrogen-bond donors (Lipinski definition) is 2. The van der Waals surface area contributed by atoms with E-state index >= 15 is 0 Å². The maximum Gasteiger partial charge on any atom is 0.308 e. The molecule has 1 aromatic heterocycles. The Hall–Kier alpha value is -2.44. The molecule has 2 aliphatic heterocycles. The summed E-state index contributed by atoms with van der Waals surface area (Å²) in [5.74, 6) is -2.00. The molecule has 2 atom stereocenters. The third-order valence-corrected chi connectivity index (χ3v) is 4.79. The summed E-state index contributed by atoms with van der Waals surface area (Å²) >= 11 is 0. The van der Waals surface area contributed by atoms with Crippen LogP contribution >= 0.6 is 0 Å². The average molecular weight is 303 g/mol. The Kier molecular flexibility index (Phi) is 2.82. The largest absolute Gasteiger partial charge is 0.481 e. The first-order valence-electron chi connectivity index (χ1n) is 7.09. The molecule has 2 amide bonds. The highest BCUT2D eigenvalue weighted by Crippen LogP contribution is 2.49. The number of aliphatic carboxylic acids is 1. The molecule has 0 saturated carbocycles. The third kappa shape index (κ3) is 1.51. The lowest BCUT2D eigenvalue weighted by molar-refractivity contribution is -0.140. The number of pyridine rings is 1. The van der Waals surface area contributed by atoms with Gasteiger partial charge in [-0.25, -0.2) is 0 Å². The van der Waals surface area contributed by atoms with Gasteiger partial charge < -0.3 is 10.4 Å². The van der Waals surface area contributed by atoms with Crippen molar-refractivity contribution >= 4 is 17.8 Å². The maximum absolute atomic E-state index is 12.8. The highest BCUT2D eigenvalue weighted by atomic mass is 16.4. The molecular formula is C15H17N3O4. The van der Waals surface area contributed by atoms with Gasteiger partial charge in [-0.2, -0.15) is 0 Å². The predicted molar refractivity (Wildman–Crippen MR) is 75.7 cm³/mol. The highest BCUT2D eigenvalue weighted by molar-refractivity contribution is 6.07. The number of rotatable bonds is 3. The number of carbonyl (C=O) groups is 3. The Morgan fingerprint density at radius 1 is 1.45 bits per heavy atom. The number of amides is 2. The Labute approximate surface area is 127 Å². The summed E-state index contributed by atoms with van der Waals surface area (Å²) in [4.78, 5) is 42.3. The zero-order valence-electron chi connectivity index (χ0n) is 12.6. The van der Waals surface area contributed by atoms with Crippen LogP contribution in [-0.4, -0.2) is 38.3 Å². The fourth-order valence-corrected chi connectivity index (χ4v) is 3.39. The Morgan fingerprint density at radius 2 is 2.14 bits per heavy atom. The molecule has 3 heterocycles. The summed E-state index contributed by atoms with van der Waals surface area (Å²) in [5.41, 5.74) is -1.88. The van der Waals surface area contributed by atoms with Gasteiger partial charge in [0, 0.05) is 6.20 Å². The molecule has 3 rings (SSSR count). The van der Waals surface area contributed by atoms with Gasteiger partial charge in [0.15, 0.2) is 5.66 Å². The Morgan fingerprint density at radius 3 is 2.73 bits per heavy atom. The zero-order valence-corrected chi connectivity index (χ0v) is 12.6. The van der Waals surface area contributed by atoms with Gasteiger partial charge in [-0.15, -0.1) is 0 Å². The molecule has 116 valence electrons. The van der Waals surface area contributed by atoms with Crippen molar-refractivity contribution in [3.05, 3.63) is 29.6 Å². The number of carboxylic acid groups (broad SMARTS) is 1. The van der Waals surface area contributed by atoms with E-state index in [0.717, 1.165) is 0 Å². The monoisotopic (exact) mass is 303 g/mol. The number of nitrogens with zero attached hydrogens (tertiary/aromatic N) is 2. The first-order chi connectivity index (χ1) is 10.2. The Bertz CT molecular complexity index is 702. The van der Waals surface area contributed by atoms with Crippen LogP contribution in [0.5, 0.6) is 0 Å². The molecule has 0 radical (unpaired) electrons. The second-order valence-corrected chi connectivity index (χ2v) is 6.23. The number of fused-ring (bicyclic) bond motifs is 3. The first-order valence-corrected chi connectivity index (χ1v) is 7.09. The molecule has 0 spiro atoms. The topological polar surface area (TPSA) is 99.6 Å². The molecule has 7 nitrogen and oxygen atoms in total. The minimum Gasteiger partial charge on any atom is -0.481 e. The second kappa shape index (κ2) is 4.28. The second-order valence-electron chi connectivity index (χ2n) is 6.23. The fourth-order valence-electron chi connectivity index (χ4n) is 3.39. The summed E-state index contributed by atoms with van der Waals surface area (Å²) in [7, 11) is 0. The Balaban J connectivity index is 2.28. The molecular weight excluding hydrogens is 286 g/mol. The summed E-state index contributed by atoms with van der Waals surface area (Å²) < 4.78 is 0. The van der Waals surface area contributed by atoms with E-state index in [2.05, 4.69) is 10.3 Å². The summed E-state index contributed by atoms with van der Waals surface area (Å²) in [6, 6.07) is 3.24. The van der Waals surface area contributed by atoms with Gasteiger partial charge in [0.25, 0.3) is 5.91 Å². The van der Waals surface area contributed by atoms with Crippen molar-refractivity contribution in [3.63, 3.8) is 0 Å². The minimum atomic E-state index is -1.41. The van der Waals surface area contributed by atoms with E-state index in [0.29, 0.717) is 11.3 Å². The van der Waals surface area contributed by atoms with Gasteiger partial charge in [0.1, 0.15) is 5.54 Å². The van der Waals surface area contributed by atoms with Gasteiger partial charge in [-0.3, -0.25) is 24.3 Å². The van der Waals surface area contributed by atoms with Crippen LogP contribution in [0.2, 0.25) is 0 Å². The maximum atomic E-state index is 12.8. The smallest absolute Gasteiger partial charge is 0.308 e. The van der Waals surface area contributed by atoms with Crippen LogP contribution in [0.4, 0.5) is 0 Å². The number of carbonyl (C=O) groups excluding carboxylic acids is 2. The van der Waals surface area contributed by atoms with E-state index in [1.54, 1.807) is 19.1 Å². The summed E-state index contributed by atoms with van der Waals surface area (Å²) in [6.45, 7) is 5.33. The van der Waals surface area contributed by atoms with Crippen molar-refractivity contribution in [3.8, 4) is 0 Å². The van der Waals surface area contributed by atoms with Crippen LogP contribution in [0.3, 0.4) is 0 Å². The van der Waals surface area contributed by atoms with Crippen LogP contribution in [0, 0.1) is 5.92 Å². The first kappa shape index (κ1) is 14.5. The quantitative estimate of drug-likeness (QED) is 0.856. The predicted octanol–water partition coefficient (Wildman–Crippen LogP) is 0.709. The molecule has 1 aromatic rings. The van der Waals surface area contributed by atoms with E-state index in [9.17, 15) is 19.5 Å². The van der Waals surface area contributed by atoms with Crippen molar-refractivity contribution in [2.24, 2.45) is 5.92 Å². The normalized spacial score (nSPS) is 29.5. The molecule has 0 aliphatic carbocycles. The molecule has 1 fully saturated rings. The van der Waals surface area contributed by atoms with E-state index in [-0.39, 0.29) is 17.7 Å². The van der Waals surface area contributed by atoms with Gasteiger partial charge in [0.2, 0.25) is 5.91 Å². The molecule has 22 heavy (non-hydrogen) atoms. The van der Waals surface area contributed by atoms with Gasteiger partial charge >= 0.3 is 5.97 Å². The molecule has 2 aliphatic rings. The lowest BCUT2D eigenvalue weighted by atomic mass is 9.86. The number of aromatic nitrogens is 1. The summed E-state index contributed by atoms with van der Waals surface area (Å²) in [6.07, 6.45) is 1.08. The molecule has 2 unspecified atom stereocenters. The zero-order chi connectivity index (χ0) is 16.3. The van der Waals surface area contributed by atoms with Crippen LogP contribution in [-0.2, 0) is 15.3 Å². The number of carboxylic acids is 1. The average Bonchev–Trinajstić information content (AvgIpc) is 2.80. The van der Waals surface area contributed by atoms with Crippen molar-refractivity contribution in [1.82, 2.24) is 15.2 Å². The van der Waals surface area contributed by atoms with Crippen LogP contribution < -0.4 is 5.32 Å². The van der Waals surface area contributed by atoms with E-state index < -0.39 is 23.6 Å². The van der Waals surface area contributed by atoms with Crippen LogP contribution in [0.1, 0.15) is 43.2 Å². The lowest BCUT2D eigenvalue weighted by Crippen LogP contribution is -2.56. The van der Waals surface area contributed by atoms with E-state index in [1.165, 1.54) is 11.1 Å². The van der Waals surface area contributed by atoms with Crippen LogP contribution in [0.25, 0.3) is 0 Å². The minimum absolute atomic E-state index is 0.179. The third-order valence-electron chi connectivity index (χ3n) is 4.79. The molecule has 1 saturated heterocycles. The highest BCUT2D eigenvalue weighted by Gasteiger charge is 2.67. The van der Waals surface area contributed by atoms with E-state index in [4.69, 9.17) is 0 Å². The van der Waals surface area contributed by atoms with Crippen molar-refractivity contribution in [2.75, 3.05) is 0 Å². The summed E-state index contributed by atoms with van der Waals surface area (Å²) in [5, 5.41) is 12.0. The van der Waals surface area contributed by atoms with E-state index in [1.807, 2.05) is 13.8 Å². The van der Waals surface area contributed by atoms with Gasteiger partial charge in [0.05, 0.1) is 17.7 Å². The van der Waals surface area contributed by atoms with Crippen molar-refractivity contribution < 1.29 is 19.5 Å². The lowest BCUT2D eigenvalue weighted by Gasteiger charge is -2.39. The number of hydrogen-bond acceptors (Lipinski definition) is 4. The molecule has 2 N–H and O–H groups in total. The number of nitrogens with one attached hydrogen (secondary N) is 1. The molecule has 7 heteroatoms. The van der Waals surface area contributed by atoms with Gasteiger partial charge in [-0.05, 0) is 25.0 Å².